The summed E-state index contributed by atoms with van der Waals surface area (Å²) in [6, 6.07) is 17.6. The molecule has 0 N–H and O–H groups in total. The monoisotopic (exact) mass is 260 g/mol. The largest absolute Gasteiger partial charge is 0.292 e. The molecule has 0 bridgehead atoms. The number of hydrogen-bond acceptors (Lipinski definition) is 3. The first kappa shape index (κ1) is 12.7. The van der Waals surface area contributed by atoms with Crippen LogP contribution in [0.1, 0.15) is 10.4 Å². The maximum Gasteiger partial charge on any atom is 0.189 e. The summed E-state index contributed by atoms with van der Waals surface area (Å²) in [4.78, 5) is 12.3. The number of Topliss-reactive ketones (excluding diaryl/α,β-unsaturated/α-hetero) is 1. The van der Waals surface area contributed by atoms with Crippen molar-refractivity contribution in [2.45, 2.75) is 4.90 Å². The quantitative estimate of drug-likeness (QED) is 0.776. The van der Waals surface area contributed by atoms with Crippen LogP contribution in [0, 0.1) is 0 Å². The molecule has 3 nitrogen and oxygen atoms in total. The predicted octanol–water partition coefficient (Wildman–Crippen LogP) is 2.61. The highest BCUT2D eigenvalue weighted by Crippen LogP contribution is 2.08. The fourth-order valence-electron chi connectivity index (χ4n) is 1.41. The van der Waals surface area contributed by atoms with Crippen molar-refractivity contribution in [3.05, 3.63) is 66.2 Å². The Labute approximate surface area is 108 Å². The zero-order valence-electron chi connectivity index (χ0n) is 9.61. The molecule has 0 aromatic heterocycles. The summed E-state index contributed by atoms with van der Waals surface area (Å²) in [6.45, 7) is -0.189. The van der Waals surface area contributed by atoms with E-state index in [1.54, 1.807) is 48.5 Å². The fourth-order valence-corrected chi connectivity index (χ4v) is 2.14. The smallest absolute Gasteiger partial charge is 0.189 e. The SMILES string of the molecule is O=C(COS(=O)c1ccccc1)c1ccccc1. The topological polar surface area (TPSA) is 43.4 Å². The summed E-state index contributed by atoms with van der Waals surface area (Å²) < 4.78 is 16.8. The summed E-state index contributed by atoms with van der Waals surface area (Å²) in [6.07, 6.45) is 0. The minimum Gasteiger partial charge on any atom is -0.292 e. The van der Waals surface area contributed by atoms with Crippen molar-refractivity contribution in [3.8, 4) is 0 Å². The van der Waals surface area contributed by atoms with E-state index in [-0.39, 0.29) is 12.4 Å². The standard InChI is InChI=1S/C14H12O3S/c15-14(12-7-3-1-4-8-12)11-17-18(16)13-9-5-2-6-10-13/h1-10H,11H2. The van der Waals surface area contributed by atoms with Gasteiger partial charge in [0.05, 0.1) is 4.90 Å². The van der Waals surface area contributed by atoms with Crippen molar-refractivity contribution in [1.29, 1.82) is 0 Å². The van der Waals surface area contributed by atoms with Crippen LogP contribution in [-0.4, -0.2) is 16.6 Å². The molecule has 0 amide bonds. The number of carbonyl (C=O) groups excluding carboxylic acids is 1. The maximum absolute atomic E-state index is 11.7. The Balaban J connectivity index is 1.93. The Morgan fingerprint density at radius 2 is 1.50 bits per heavy atom. The molecular weight excluding hydrogens is 248 g/mol. The van der Waals surface area contributed by atoms with Crippen LogP contribution in [0.3, 0.4) is 0 Å². The first-order valence-corrected chi connectivity index (χ1v) is 6.53. The fraction of sp³-hybridized carbons (Fsp3) is 0.0714. The summed E-state index contributed by atoms with van der Waals surface area (Å²) in [5.74, 6) is -0.181. The van der Waals surface area contributed by atoms with E-state index >= 15 is 0 Å². The van der Waals surface area contributed by atoms with Crippen LogP contribution in [0.4, 0.5) is 0 Å². The Kier molecular flexibility index (Phi) is 4.39. The van der Waals surface area contributed by atoms with Gasteiger partial charge >= 0.3 is 0 Å². The van der Waals surface area contributed by atoms with Crippen molar-refractivity contribution in [2.75, 3.05) is 6.61 Å². The van der Waals surface area contributed by atoms with Gasteiger partial charge in [-0.15, -0.1) is 0 Å². The van der Waals surface area contributed by atoms with Crippen LogP contribution in [-0.2, 0) is 15.3 Å². The summed E-state index contributed by atoms with van der Waals surface area (Å²) >= 11 is -1.60. The van der Waals surface area contributed by atoms with Gasteiger partial charge in [0.2, 0.25) is 0 Å². The van der Waals surface area contributed by atoms with Crippen LogP contribution in [0.2, 0.25) is 0 Å². The highest BCUT2D eigenvalue weighted by Gasteiger charge is 2.09. The number of benzene rings is 2. The zero-order chi connectivity index (χ0) is 12.8. The van der Waals surface area contributed by atoms with Crippen LogP contribution in [0.25, 0.3) is 0 Å². The Hall–Kier alpha value is -1.78. The lowest BCUT2D eigenvalue weighted by Gasteiger charge is -2.03. The van der Waals surface area contributed by atoms with E-state index in [4.69, 9.17) is 4.18 Å². The maximum atomic E-state index is 11.7. The molecule has 2 aromatic carbocycles. The number of rotatable bonds is 5. The molecule has 1 unspecified atom stereocenters. The van der Waals surface area contributed by atoms with E-state index in [1.165, 1.54) is 0 Å². The minimum absolute atomic E-state index is 0.181. The molecular formula is C14H12O3S. The molecule has 2 rings (SSSR count). The van der Waals surface area contributed by atoms with Gasteiger partial charge in [-0.1, -0.05) is 48.5 Å². The summed E-state index contributed by atoms with van der Waals surface area (Å²) in [5.41, 5.74) is 0.558. The molecule has 18 heavy (non-hydrogen) atoms. The van der Waals surface area contributed by atoms with Crippen molar-refractivity contribution in [2.24, 2.45) is 0 Å². The van der Waals surface area contributed by atoms with Gasteiger partial charge in [-0.2, -0.15) is 0 Å². The van der Waals surface area contributed by atoms with Gasteiger partial charge in [-0.25, -0.2) is 4.21 Å². The molecule has 0 fully saturated rings. The molecule has 0 aliphatic rings. The minimum atomic E-state index is -1.60. The third-order valence-corrected chi connectivity index (χ3v) is 3.32. The molecule has 0 radical (unpaired) electrons. The van der Waals surface area contributed by atoms with Crippen molar-refractivity contribution in [3.63, 3.8) is 0 Å². The highest BCUT2D eigenvalue weighted by atomic mass is 32.2. The Morgan fingerprint density at radius 1 is 0.944 bits per heavy atom. The molecule has 2 aromatic rings. The second kappa shape index (κ2) is 6.23. The van der Waals surface area contributed by atoms with Gasteiger partial charge in [-0.3, -0.25) is 8.98 Å². The van der Waals surface area contributed by atoms with Crippen molar-refractivity contribution in [1.82, 2.24) is 0 Å². The Morgan fingerprint density at radius 3 is 2.11 bits per heavy atom. The highest BCUT2D eigenvalue weighted by molar-refractivity contribution is 7.80. The van der Waals surface area contributed by atoms with Gasteiger partial charge in [0, 0.05) is 5.56 Å². The van der Waals surface area contributed by atoms with E-state index in [9.17, 15) is 9.00 Å². The third kappa shape index (κ3) is 3.35. The first-order valence-electron chi connectivity index (χ1n) is 5.46. The molecule has 0 saturated heterocycles. The van der Waals surface area contributed by atoms with Gasteiger partial charge in [0.1, 0.15) is 6.61 Å². The van der Waals surface area contributed by atoms with E-state index in [1.807, 2.05) is 12.1 Å². The third-order valence-electron chi connectivity index (χ3n) is 2.33. The van der Waals surface area contributed by atoms with E-state index in [0.717, 1.165) is 0 Å². The molecule has 0 heterocycles. The van der Waals surface area contributed by atoms with E-state index in [0.29, 0.717) is 10.5 Å². The molecule has 0 saturated carbocycles. The van der Waals surface area contributed by atoms with Gasteiger partial charge in [0.15, 0.2) is 16.9 Å². The zero-order valence-corrected chi connectivity index (χ0v) is 10.4. The normalized spacial score (nSPS) is 12.0. The number of carbonyl (C=O) groups is 1. The average molecular weight is 260 g/mol. The van der Waals surface area contributed by atoms with E-state index < -0.39 is 11.1 Å². The molecule has 92 valence electrons. The van der Waals surface area contributed by atoms with Crippen LogP contribution in [0.5, 0.6) is 0 Å². The number of hydrogen-bond donors (Lipinski definition) is 0. The summed E-state index contributed by atoms with van der Waals surface area (Å²) in [7, 11) is 0. The van der Waals surface area contributed by atoms with Crippen LogP contribution >= 0.6 is 0 Å². The van der Waals surface area contributed by atoms with Crippen molar-refractivity contribution < 1.29 is 13.2 Å². The average Bonchev–Trinajstić information content (AvgIpc) is 2.46. The second-order valence-electron chi connectivity index (χ2n) is 3.60. The van der Waals surface area contributed by atoms with Gasteiger partial charge < -0.3 is 0 Å². The van der Waals surface area contributed by atoms with Crippen LogP contribution < -0.4 is 0 Å². The summed E-state index contributed by atoms with van der Waals surface area (Å²) in [5, 5.41) is 0. The molecule has 0 aliphatic heterocycles. The van der Waals surface area contributed by atoms with Gasteiger partial charge in [0.25, 0.3) is 0 Å². The molecule has 1 atom stereocenters. The van der Waals surface area contributed by atoms with Crippen LogP contribution in [0.15, 0.2) is 65.6 Å². The molecule has 4 heteroatoms. The Bertz CT molecular complexity index is 486. The molecule has 0 spiro atoms. The lowest BCUT2D eigenvalue weighted by atomic mass is 10.1. The second-order valence-corrected chi connectivity index (χ2v) is 4.78. The number of ketones is 1. The predicted molar refractivity (Wildman–Crippen MR) is 69.6 cm³/mol. The lowest BCUT2D eigenvalue weighted by molar-refractivity contribution is 0.0930. The van der Waals surface area contributed by atoms with Gasteiger partial charge in [-0.05, 0) is 12.1 Å². The van der Waals surface area contributed by atoms with E-state index in [2.05, 4.69) is 0 Å². The first-order chi connectivity index (χ1) is 8.77. The lowest BCUT2D eigenvalue weighted by Crippen LogP contribution is -2.10. The molecule has 0 aliphatic carbocycles. The van der Waals surface area contributed by atoms with Crippen molar-refractivity contribution >= 4 is 16.9 Å².